The van der Waals surface area contributed by atoms with Crippen molar-refractivity contribution in [3.63, 3.8) is 0 Å². The maximum absolute atomic E-state index is 12.6. The number of benzene rings is 1. The topological polar surface area (TPSA) is 48.7 Å². The number of carbonyl (C=O) groups excluding carboxylic acids is 1. The van der Waals surface area contributed by atoms with Crippen LogP contribution in [-0.4, -0.2) is 61.0 Å². The Morgan fingerprint density at radius 2 is 2.00 bits per heavy atom. The first kappa shape index (κ1) is 13.8. The molecule has 1 aromatic carbocycles. The third kappa shape index (κ3) is 2.51. The highest BCUT2D eigenvalue weighted by molar-refractivity contribution is 5.96. The van der Waals surface area contributed by atoms with Gasteiger partial charge in [0.1, 0.15) is 5.58 Å². The monoisotopic (exact) mass is 299 g/mol. The van der Waals surface area contributed by atoms with Crippen molar-refractivity contribution in [2.45, 2.75) is 12.5 Å². The number of carbonyl (C=O) groups is 1. The van der Waals surface area contributed by atoms with E-state index in [1.165, 1.54) is 0 Å². The summed E-state index contributed by atoms with van der Waals surface area (Å²) in [5.41, 5.74) is 0.781. The summed E-state index contributed by atoms with van der Waals surface area (Å²) in [6.45, 7) is 5.90. The molecule has 5 heteroatoms. The van der Waals surface area contributed by atoms with Crippen molar-refractivity contribution >= 4 is 16.9 Å². The van der Waals surface area contributed by atoms with Gasteiger partial charge in [-0.1, -0.05) is 18.2 Å². The second-order valence-corrected chi connectivity index (χ2v) is 6.13. The molecule has 4 rings (SSSR count). The van der Waals surface area contributed by atoms with E-state index in [0.717, 1.165) is 56.7 Å². The average Bonchev–Trinajstić information content (AvgIpc) is 3.22. The molecule has 2 fully saturated rings. The molecule has 0 aliphatic carbocycles. The Kier molecular flexibility index (Phi) is 3.60. The van der Waals surface area contributed by atoms with Gasteiger partial charge in [-0.05, 0) is 18.6 Å². The van der Waals surface area contributed by atoms with Crippen molar-refractivity contribution in [2.75, 3.05) is 39.3 Å². The Balaban J connectivity index is 1.46. The van der Waals surface area contributed by atoms with Crippen LogP contribution in [0.5, 0.6) is 0 Å². The summed E-state index contributed by atoms with van der Waals surface area (Å²) in [6.07, 6.45) is 1.06. The molecule has 0 saturated carbocycles. The number of para-hydroxylation sites is 1. The van der Waals surface area contributed by atoms with Crippen LogP contribution in [0.15, 0.2) is 34.7 Å². The highest BCUT2D eigenvalue weighted by atomic mass is 16.3. The van der Waals surface area contributed by atoms with Gasteiger partial charge in [-0.2, -0.15) is 0 Å². The zero-order valence-electron chi connectivity index (χ0n) is 12.6. The number of piperazine rings is 1. The van der Waals surface area contributed by atoms with E-state index in [1.807, 2.05) is 35.2 Å². The SMILES string of the molecule is O=C(c1cc2ccccc2o1)N1CCC(N2CCNCC2)C1. The van der Waals surface area contributed by atoms with Crippen molar-refractivity contribution in [2.24, 2.45) is 0 Å². The van der Waals surface area contributed by atoms with Gasteiger partial charge in [0, 0.05) is 50.7 Å². The van der Waals surface area contributed by atoms with Gasteiger partial charge in [0.2, 0.25) is 0 Å². The van der Waals surface area contributed by atoms with Crippen LogP contribution in [-0.2, 0) is 0 Å². The highest BCUT2D eigenvalue weighted by Gasteiger charge is 2.32. The normalized spacial score (nSPS) is 23.3. The molecule has 1 amide bonds. The Morgan fingerprint density at radius 3 is 2.82 bits per heavy atom. The molecule has 1 aromatic heterocycles. The van der Waals surface area contributed by atoms with Crippen LogP contribution in [0.3, 0.4) is 0 Å². The van der Waals surface area contributed by atoms with E-state index in [2.05, 4.69) is 10.2 Å². The van der Waals surface area contributed by atoms with Gasteiger partial charge in [0.05, 0.1) is 0 Å². The van der Waals surface area contributed by atoms with E-state index in [0.29, 0.717) is 11.8 Å². The zero-order valence-corrected chi connectivity index (χ0v) is 12.6. The first-order valence-corrected chi connectivity index (χ1v) is 8.04. The Labute approximate surface area is 129 Å². The summed E-state index contributed by atoms with van der Waals surface area (Å²) in [6, 6.07) is 10.1. The van der Waals surface area contributed by atoms with Crippen molar-refractivity contribution < 1.29 is 9.21 Å². The summed E-state index contributed by atoms with van der Waals surface area (Å²) < 4.78 is 5.71. The Morgan fingerprint density at radius 1 is 1.18 bits per heavy atom. The smallest absolute Gasteiger partial charge is 0.289 e. The van der Waals surface area contributed by atoms with Crippen LogP contribution in [0.25, 0.3) is 11.0 Å². The second-order valence-electron chi connectivity index (χ2n) is 6.13. The summed E-state index contributed by atoms with van der Waals surface area (Å²) in [5, 5.41) is 4.37. The third-order valence-electron chi connectivity index (χ3n) is 4.75. The number of rotatable bonds is 2. The number of nitrogens with one attached hydrogen (secondary N) is 1. The summed E-state index contributed by atoms with van der Waals surface area (Å²) in [7, 11) is 0. The Hall–Kier alpha value is -1.85. The van der Waals surface area contributed by atoms with Crippen molar-refractivity contribution in [3.8, 4) is 0 Å². The summed E-state index contributed by atoms with van der Waals surface area (Å²) in [5.74, 6) is 0.482. The quantitative estimate of drug-likeness (QED) is 0.914. The van der Waals surface area contributed by atoms with Gasteiger partial charge in [-0.25, -0.2) is 0 Å². The fraction of sp³-hybridized carbons (Fsp3) is 0.471. The van der Waals surface area contributed by atoms with Gasteiger partial charge in [0.15, 0.2) is 5.76 Å². The summed E-state index contributed by atoms with van der Waals surface area (Å²) >= 11 is 0. The van der Waals surface area contributed by atoms with E-state index in [4.69, 9.17) is 4.42 Å². The molecule has 0 spiro atoms. The molecular weight excluding hydrogens is 278 g/mol. The van der Waals surface area contributed by atoms with Gasteiger partial charge >= 0.3 is 0 Å². The van der Waals surface area contributed by atoms with E-state index >= 15 is 0 Å². The molecular formula is C17H21N3O2. The molecule has 1 unspecified atom stereocenters. The lowest BCUT2D eigenvalue weighted by Crippen LogP contribution is -2.49. The fourth-order valence-corrected chi connectivity index (χ4v) is 3.51. The van der Waals surface area contributed by atoms with Crippen LogP contribution in [0.1, 0.15) is 17.0 Å². The third-order valence-corrected chi connectivity index (χ3v) is 4.75. The predicted molar refractivity (Wildman–Crippen MR) is 85.0 cm³/mol. The lowest BCUT2D eigenvalue weighted by molar-refractivity contribution is 0.0744. The number of amides is 1. The molecule has 116 valence electrons. The predicted octanol–water partition coefficient (Wildman–Crippen LogP) is 1.55. The number of hydrogen-bond donors (Lipinski definition) is 1. The lowest BCUT2D eigenvalue weighted by atomic mass is 10.2. The van der Waals surface area contributed by atoms with Crippen molar-refractivity contribution in [1.29, 1.82) is 0 Å². The molecule has 1 N–H and O–H groups in total. The summed E-state index contributed by atoms with van der Waals surface area (Å²) in [4.78, 5) is 17.1. The number of furan rings is 1. The second kappa shape index (κ2) is 5.74. The van der Waals surface area contributed by atoms with Crippen LogP contribution in [0, 0.1) is 0 Å². The lowest BCUT2D eigenvalue weighted by Gasteiger charge is -2.32. The number of likely N-dealkylation sites (tertiary alicyclic amines) is 1. The number of nitrogens with zero attached hydrogens (tertiary/aromatic N) is 2. The fourth-order valence-electron chi connectivity index (χ4n) is 3.51. The number of fused-ring (bicyclic) bond motifs is 1. The van der Waals surface area contributed by atoms with E-state index in [1.54, 1.807) is 0 Å². The van der Waals surface area contributed by atoms with E-state index < -0.39 is 0 Å². The van der Waals surface area contributed by atoms with E-state index in [-0.39, 0.29) is 5.91 Å². The van der Waals surface area contributed by atoms with Gasteiger partial charge in [0.25, 0.3) is 5.91 Å². The van der Waals surface area contributed by atoms with Gasteiger partial charge < -0.3 is 14.6 Å². The first-order chi connectivity index (χ1) is 10.8. The molecule has 2 aliphatic rings. The van der Waals surface area contributed by atoms with Gasteiger partial charge in [-0.3, -0.25) is 9.69 Å². The molecule has 2 saturated heterocycles. The minimum atomic E-state index is 0.0221. The molecule has 0 bridgehead atoms. The average molecular weight is 299 g/mol. The Bertz CT molecular complexity index is 642. The molecule has 0 radical (unpaired) electrons. The largest absolute Gasteiger partial charge is 0.451 e. The maximum Gasteiger partial charge on any atom is 0.289 e. The first-order valence-electron chi connectivity index (χ1n) is 8.04. The van der Waals surface area contributed by atoms with E-state index in [9.17, 15) is 4.79 Å². The van der Waals surface area contributed by atoms with Crippen molar-refractivity contribution in [1.82, 2.24) is 15.1 Å². The minimum absolute atomic E-state index is 0.0221. The van der Waals surface area contributed by atoms with Crippen LogP contribution >= 0.6 is 0 Å². The maximum atomic E-state index is 12.6. The standard InChI is InChI=1S/C17H21N3O2/c21-17(16-11-13-3-1-2-4-15(13)22-16)20-8-5-14(12-20)19-9-6-18-7-10-19/h1-4,11,14,18H,5-10,12H2. The molecule has 2 aromatic rings. The zero-order chi connectivity index (χ0) is 14.9. The van der Waals surface area contributed by atoms with Crippen LogP contribution < -0.4 is 5.32 Å². The molecule has 1 atom stereocenters. The molecule has 3 heterocycles. The van der Waals surface area contributed by atoms with Crippen LogP contribution in [0.4, 0.5) is 0 Å². The molecule has 22 heavy (non-hydrogen) atoms. The minimum Gasteiger partial charge on any atom is -0.451 e. The molecule has 2 aliphatic heterocycles. The molecule has 5 nitrogen and oxygen atoms in total. The van der Waals surface area contributed by atoms with Crippen LogP contribution in [0.2, 0.25) is 0 Å². The van der Waals surface area contributed by atoms with Gasteiger partial charge in [-0.15, -0.1) is 0 Å². The number of hydrogen-bond acceptors (Lipinski definition) is 4. The van der Waals surface area contributed by atoms with Crippen molar-refractivity contribution in [3.05, 3.63) is 36.1 Å². The highest BCUT2D eigenvalue weighted by Crippen LogP contribution is 2.23.